The number of aryl methyl sites for hydroxylation is 2. The molecule has 210 valence electrons. The lowest BCUT2D eigenvalue weighted by molar-refractivity contribution is -0.555. The summed E-state index contributed by atoms with van der Waals surface area (Å²) in [7, 11) is 3.64. The summed E-state index contributed by atoms with van der Waals surface area (Å²) in [5, 5.41) is 18.0. The van der Waals surface area contributed by atoms with Gasteiger partial charge in [0, 0.05) is 40.8 Å². The number of nitrogens with zero attached hydrogens (tertiary/aromatic N) is 4. The number of benzene rings is 1. The van der Waals surface area contributed by atoms with Gasteiger partial charge in [-0.25, -0.2) is 9.97 Å². The highest BCUT2D eigenvalue weighted by atomic mass is 16.2. The number of nitrogens with two attached hydrogens (primary N) is 1. The van der Waals surface area contributed by atoms with E-state index < -0.39 is 6.04 Å². The summed E-state index contributed by atoms with van der Waals surface area (Å²) >= 11 is 0. The van der Waals surface area contributed by atoms with E-state index in [4.69, 9.17) is 15.4 Å². The van der Waals surface area contributed by atoms with Crippen molar-refractivity contribution in [1.29, 1.82) is 5.41 Å². The molecule has 9 heteroatoms. The predicted octanol–water partition coefficient (Wildman–Crippen LogP) is 3.69. The first kappa shape index (κ1) is 28.4. The molecule has 5 N–H and O–H groups in total. The normalized spacial score (nSPS) is 12.2. The molecule has 0 aliphatic heterocycles. The zero-order valence-electron chi connectivity index (χ0n) is 24.3. The van der Waals surface area contributed by atoms with Gasteiger partial charge in [-0.15, -0.1) is 0 Å². The predicted molar refractivity (Wildman–Crippen MR) is 167 cm³/mol. The Morgan fingerprint density at radius 1 is 1.10 bits per heavy atom. The van der Waals surface area contributed by atoms with Gasteiger partial charge in [0.2, 0.25) is 5.91 Å². The fourth-order valence-corrected chi connectivity index (χ4v) is 4.70. The number of rotatable bonds is 7. The van der Waals surface area contributed by atoms with Crippen molar-refractivity contribution < 1.29 is 10.1 Å². The number of anilines is 1. The molecule has 0 fully saturated rings. The first-order valence-electron chi connectivity index (χ1n) is 13.7. The van der Waals surface area contributed by atoms with E-state index in [9.17, 15) is 4.79 Å². The summed E-state index contributed by atoms with van der Waals surface area (Å²) in [6.45, 7) is 5.79. The summed E-state index contributed by atoms with van der Waals surface area (Å²) in [5.74, 6) is 6.75. The molecule has 1 aromatic carbocycles. The fourth-order valence-electron chi connectivity index (χ4n) is 4.70. The SMILES string of the molecule is CNC(C)C(=O)Nc1ccc(-c2c(C(C=N)=C[NH2+]C)nc3cc(C)ccn23)c(C#Cc2ccc3c(C)nccc3c2)n1. The average molecular weight is 558 g/mol. The number of aromatic nitrogens is 4. The molecule has 1 atom stereocenters. The van der Waals surface area contributed by atoms with Crippen LogP contribution in [0.1, 0.15) is 35.1 Å². The Bertz CT molecular complexity index is 1930. The standard InChI is InChI=1S/C33H32N8O/c1-20-13-15-41-30(16-20)40-31(25(18-34)19-35-4)32(41)27-9-11-29(39-33(42)22(3)36-5)38-28(27)10-7-23-6-8-26-21(2)37-14-12-24(26)17-23/h6,8-9,11-19,22,34-36H,1-5H3,(H,38,39,42)/p+1. The Morgan fingerprint density at radius 2 is 1.93 bits per heavy atom. The lowest BCUT2D eigenvalue weighted by Gasteiger charge is -2.13. The van der Waals surface area contributed by atoms with Crippen LogP contribution in [0, 0.1) is 31.1 Å². The molecule has 1 amide bonds. The van der Waals surface area contributed by atoms with Gasteiger partial charge in [0.25, 0.3) is 0 Å². The third-order valence-corrected chi connectivity index (χ3v) is 7.07. The number of fused-ring (bicyclic) bond motifs is 2. The van der Waals surface area contributed by atoms with Crippen LogP contribution >= 0.6 is 0 Å². The van der Waals surface area contributed by atoms with Crippen LogP contribution in [-0.4, -0.2) is 51.6 Å². The van der Waals surface area contributed by atoms with Gasteiger partial charge in [-0.3, -0.25) is 14.2 Å². The number of imidazole rings is 1. The van der Waals surface area contributed by atoms with Crippen molar-refractivity contribution in [3.05, 3.63) is 95.3 Å². The van der Waals surface area contributed by atoms with E-state index in [1.807, 2.05) is 85.5 Å². The lowest BCUT2D eigenvalue weighted by Crippen LogP contribution is -2.72. The monoisotopic (exact) mass is 557 g/mol. The smallest absolute Gasteiger partial charge is 0.242 e. The lowest BCUT2D eigenvalue weighted by atomic mass is 10.0. The van der Waals surface area contributed by atoms with E-state index in [0.29, 0.717) is 22.8 Å². The van der Waals surface area contributed by atoms with Crippen molar-refractivity contribution in [3.8, 4) is 23.1 Å². The minimum absolute atomic E-state index is 0.200. The maximum absolute atomic E-state index is 12.7. The number of likely N-dealkylation sites (N-methyl/N-ethyl adjacent to an activating group) is 1. The van der Waals surface area contributed by atoms with Crippen LogP contribution in [0.4, 0.5) is 5.82 Å². The highest BCUT2D eigenvalue weighted by Gasteiger charge is 2.21. The first-order chi connectivity index (χ1) is 20.3. The zero-order chi connectivity index (χ0) is 29.8. The summed E-state index contributed by atoms with van der Waals surface area (Å²) in [6.07, 6.45) is 6.93. The van der Waals surface area contributed by atoms with Gasteiger partial charge in [0.15, 0.2) is 0 Å². The van der Waals surface area contributed by atoms with Gasteiger partial charge in [-0.05, 0) is 87.2 Å². The van der Waals surface area contributed by atoms with E-state index in [0.717, 1.165) is 44.5 Å². The molecule has 0 saturated heterocycles. The van der Waals surface area contributed by atoms with E-state index in [1.54, 1.807) is 26.2 Å². The van der Waals surface area contributed by atoms with Gasteiger partial charge in [0.05, 0.1) is 24.4 Å². The Balaban J connectivity index is 1.72. The number of quaternary nitrogens is 1. The van der Waals surface area contributed by atoms with Gasteiger partial charge in [-0.1, -0.05) is 12.0 Å². The third kappa shape index (κ3) is 5.67. The maximum Gasteiger partial charge on any atom is 0.242 e. The molecule has 9 nitrogen and oxygen atoms in total. The number of nitrogens with one attached hydrogen (secondary N) is 3. The second kappa shape index (κ2) is 12.1. The van der Waals surface area contributed by atoms with Crippen LogP contribution < -0.4 is 16.0 Å². The molecule has 5 rings (SSSR count). The number of hydrogen-bond donors (Lipinski definition) is 4. The Morgan fingerprint density at radius 3 is 2.69 bits per heavy atom. The van der Waals surface area contributed by atoms with Crippen molar-refractivity contribution in [2.24, 2.45) is 0 Å². The molecule has 0 saturated carbocycles. The van der Waals surface area contributed by atoms with Crippen LogP contribution in [0.5, 0.6) is 0 Å². The molecular formula is C33H33N8O+. The number of carbonyl (C=O) groups excluding carboxylic acids is 1. The van der Waals surface area contributed by atoms with E-state index >= 15 is 0 Å². The molecule has 4 heterocycles. The molecule has 0 bridgehead atoms. The van der Waals surface area contributed by atoms with E-state index in [1.165, 1.54) is 6.21 Å². The average Bonchev–Trinajstić information content (AvgIpc) is 3.36. The molecule has 5 aromatic rings. The quantitative estimate of drug-likeness (QED) is 0.179. The van der Waals surface area contributed by atoms with Crippen molar-refractivity contribution >= 4 is 39.9 Å². The summed E-state index contributed by atoms with van der Waals surface area (Å²) in [4.78, 5) is 26.7. The van der Waals surface area contributed by atoms with Crippen LogP contribution in [0.3, 0.4) is 0 Å². The first-order valence-corrected chi connectivity index (χ1v) is 13.7. The number of pyridine rings is 3. The fraction of sp³-hybridized carbons (Fsp3) is 0.182. The Labute approximate surface area is 244 Å². The third-order valence-electron chi connectivity index (χ3n) is 7.07. The van der Waals surface area contributed by atoms with Crippen LogP contribution in [0.25, 0.3) is 33.3 Å². The van der Waals surface area contributed by atoms with Crippen molar-refractivity contribution in [2.75, 3.05) is 19.4 Å². The topological polar surface area (TPSA) is 125 Å². The summed E-state index contributed by atoms with van der Waals surface area (Å²) in [6, 6.07) is 15.3. The molecule has 4 aromatic heterocycles. The number of amides is 1. The Hall–Kier alpha value is -5.17. The largest absolute Gasteiger partial charge is 0.322 e. The molecule has 0 aliphatic rings. The van der Waals surface area contributed by atoms with Gasteiger partial charge in [-0.2, -0.15) is 0 Å². The second-order valence-electron chi connectivity index (χ2n) is 10.0. The van der Waals surface area contributed by atoms with E-state index in [-0.39, 0.29) is 5.91 Å². The van der Waals surface area contributed by atoms with Gasteiger partial charge >= 0.3 is 0 Å². The molecular weight excluding hydrogens is 524 g/mol. The van der Waals surface area contributed by atoms with Gasteiger partial charge < -0.3 is 21.4 Å². The van der Waals surface area contributed by atoms with Crippen LogP contribution in [-0.2, 0) is 4.79 Å². The highest BCUT2D eigenvalue weighted by molar-refractivity contribution is 6.10. The van der Waals surface area contributed by atoms with E-state index in [2.05, 4.69) is 27.5 Å². The van der Waals surface area contributed by atoms with Crippen molar-refractivity contribution in [1.82, 2.24) is 24.7 Å². The summed E-state index contributed by atoms with van der Waals surface area (Å²) in [5.41, 5.74) is 6.90. The maximum atomic E-state index is 12.7. The van der Waals surface area contributed by atoms with Crippen molar-refractivity contribution in [2.45, 2.75) is 26.8 Å². The molecule has 0 radical (unpaired) electrons. The Kier molecular flexibility index (Phi) is 8.20. The number of carbonyl (C=O) groups is 1. The summed E-state index contributed by atoms with van der Waals surface area (Å²) < 4.78 is 1.99. The molecule has 1 unspecified atom stereocenters. The minimum Gasteiger partial charge on any atom is -0.322 e. The number of hydrogen-bond acceptors (Lipinski definition) is 6. The number of allylic oxidation sites excluding steroid dienone is 1. The van der Waals surface area contributed by atoms with Crippen LogP contribution in [0.2, 0.25) is 0 Å². The molecule has 0 aliphatic carbocycles. The van der Waals surface area contributed by atoms with Crippen molar-refractivity contribution in [3.63, 3.8) is 0 Å². The highest BCUT2D eigenvalue weighted by Crippen LogP contribution is 2.32. The molecule has 0 spiro atoms. The molecule has 42 heavy (non-hydrogen) atoms. The minimum atomic E-state index is -0.393. The van der Waals surface area contributed by atoms with Crippen LogP contribution in [0.15, 0.2) is 67.1 Å². The second-order valence-corrected chi connectivity index (χ2v) is 10.0. The zero-order valence-corrected chi connectivity index (χ0v) is 24.3. The van der Waals surface area contributed by atoms with Gasteiger partial charge in [0.1, 0.15) is 29.1 Å².